The van der Waals surface area contributed by atoms with E-state index in [0.29, 0.717) is 23.8 Å². The minimum atomic E-state index is 0.336. The maximum atomic E-state index is 9.33. The largest absolute Gasteiger partial charge is 0.508 e. The van der Waals surface area contributed by atoms with E-state index in [1.54, 1.807) is 12.1 Å². The second kappa shape index (κ2) is 6.06. The Balaban J connectivity index is 2.87. The van der Waals surface area contributed by atoms with E-state index >= 15 is 0 Å². The Morgan fingerprint density at radius 2 is 1.65 bits per heavy atom. The Hall–Kier alpha value is -1.02. The normalized spacial score (nSPS) is 15.2. The van der Waals surface area contributed by atoms with Gasteiger partial charge in [0.1, 0.15) is 5.75 Å². The zero-order valence-electron chi connectivity index (χ0n) is 11.6. The minimum Gasteiger partial charge on any atom is -0.508 e. The zero-order valence-corrected chi connectivity index (χ0v) is 11.6. The molecular formula is C15H25NO. The summed E-state index contributed by atoms with van der Waals surface area (Å²) in [6, 6.07) is 8.56. The van der Waals surface area contributed by atoms with Crippen molar-refractivity contribution in [2.45, 2.75) is 46.2 Å². The predicted octanol–water partition coefficient (Wildman–Crippen LogP) is 3.82. The molecule has 1 N–H and O–H groups in total. The van der Waals surface area contributed by atoms with Crippen LogP contribution in [0, 0.1) is 5.92 Å². The van der Waals surface area contributed by atoms with Gasteiger partial charge in [0.25, 0.3) is 0 Å². The third-order valence-corrected chi connectivity index (χ3v) is 3.76. The molecule has 17 heavy (non-hydrogen) atoms. The van der Waals surface area contributed by atoms with E-state index in [1.807, 2.05) is 12.1 Å². The number of nitrogens with zero attached hydrogens (tertiary/aromatic N) is 1. The van der Waals surface area contributed by atoms with E-state index in [2.05, 4.69) is 39.6 Å². The molecule has 0 bridgehead atoms. The monoisotopic (exact) mass is 235 g/mol. The van der Waals surface area contributed by atoms with E-state index in [9.17, 15) is 5.11 Å². The van der Waals surface area contributed by atoms with Crippen molar-refractivity contribution in [3.05, 3.63) is 29.8 Å². The van der Waals surface area contributed by atoms with Crippen LogP contribution in [-0.4, -0.2) is 23.1 Å². The van der Waals surface area contributed by atoms with Crippen molar-refractivity contribution < 1.29 is 5.11 Å². The first kappa shape index (κ1) is 14.0. The fourth-order valence-electron chi connectivity index (χ4n) is 2.21. The van der Waals surface area contributed by atoms with Gasteiger partial charge in [-0.2, -0.15) is 0 Å². The highest BCUT2D eigenvalue weighted by molar-refractivity contribution is 5.28. The number of benzene rings is 1. The lowest BCUT2D eigenvalue weighted by atomic mass is 9.98. The van der Waals surface area contributed by atoms with Crippen LogP contribution in [0.1, 0.15) is 45.7 Å². The van der Waals surface area contributed by atoms with Gasteiger partial charge in [0, 0.05) is 12.1 Å². The zero-order chi connectivity index (χ0) is 13.0. The van der Waals surface area contributed by atoms with Gasteiger partial charge < -0.3 is 5.11 Å². The Kier molecular flexibility index (Phi) is 5.01. The van der Waals surface area contributed by atoms with Crippen LogP contribution < -0.4 is 0 Å². The molecule has 0 fully saturated rings. The van der Waals surface area contributed by atoms with Crippen molar-refractivity contribution in [2.75, 3.05) is 7.05 Å². The highest BCUT2D eigenvalue weighted by atomic mass is 16.3. The summed E-state index contributed by atoms with van der Waals surface area (Å²) in [6.45, 7) is 8.99. The molecule has 0 spiro atoms. The number of aromatic hydroxyl groups is 1. The molecule has 2 nitrogen and oxygen atoms in total. The molecule has 0 aromatic heterocycles. The second-order valence-corrected chi connectivity index (χ2v) is 5.17. The van der Waals surface area contributed by atoms with Gasteiger partial charge in [-0.05, 0) is 44.0 Å². The molecule has 0 saturated heterocycles. The molecule has 0 aliphatic carbocycles. The molecule has 0 heterocycles. The van der Waals surface area contributed by atoms with Crippen LogP contribution in [-0.2, 0) is 0 Å². The number of phenols is 1. The Labute approximate surface area is 105 Å². The lowest BCUT2D eigenvalue weighted by molar-refractivity contribution is 0.144. The average molecular weight is 235 g/mol. The lowest BCUT2D eigenvalue weighted by Crippen LogP contribution is -2.36. The standard InChI is InChI=1S/C15H25NO/c1-6-15(16(5)12(4)11(2)3)13-7-9-14(17)10-8-13/h7-12,15,17H,6H2,1-5H3. The van der Waals surface area contributed by atoms with Crippen molar-refractivity contribution in [3.8, 4) is 5.75 Å². The fourth-order valence-corrected chi connectivity index (χ4v) is 2.21. The molecule has 2 unspecified atom stereocenters. The topological polar surface area (TPSA) is 23.5 Å². The number of phenolic OH excluding ortho intramolecular Hbond substituents is 1. The molecule has 2 atom stereocenters. The van der Waals surface area contributed by atoms with Crippen LogP contribution in [0.15, 0.2) is 24.3 Å². The molecule has 1 aromatic carbocycles. The SMILES string of the molecule is CCC(c1ccc(O)cc1)N(C)C(C)C(C)C. The van der Waals surface area contributed by atoms with Crippen molar-refractivity contribution in [1.82, 2.24) is 4.90 Å². The quantitative estimate of drug-likeness (QED) is 0.838. The molecule has 1 rings (SSSR count). The molecule has 0 saturated carbocycles. The highest BCUT2D eigenvalue weighted by Crippen LogP contribution is 2.27. The van der Waals surface area contributed by atoms with Gasteiger partial charge in [0.15, 0.2) is 0 Å². The molecule has 0 radical (unpaired) electrons. The van der Waals surface area contributed by atoms with Crippen LogP contribution in [0.3, 0.4) is 0 Å². The van der Waals surface area contributed by atoms with Crippen LogP contribution in [0.25, 0.3) is 0 Å². The Bertz CT molecular complexity index is 331. The average Bonchev–Trinajstić information content (AvgIpc) is 2.31. The Morgan fingerprint density at radius 1 is 1.12 bits per heavy atom. The molecule has 96 valence electrons. The number of hydrogen-bond donors (Lipinski definition) is 1. The summed E-state index contributed by atoms with van der Waals surface area (Å²) in [5.41, 5.74) is 1.28. The van der Waals surface area contributed by atoms with Gasteiger partial charge in [0.05, 0.1) is 0 Å². The summed E-state index contributed by atoms with van der Waals surface area (Å²) in [5, 5.41) is 9.33. The smallest absolute Gasteiger partial charge is 0.115 e. The maximum Gasteiger partial charge on any atom is 0.115 e. The third kappa shape index (κ3) is 3.47. The minimum absolute atomic E-state index is 0.336. The number of rotatable bonds is 5. The van der Waals surface area contributed by atoms with Crippen molar-refractivity contribution in [1.29, 1.82) is 0 Å². The van der Waals surface area contributed by atoms with Gasteiger partial charge in [-0.15, -0.1) is 0 Å². The summed E-state index contributed by atoms with van der Waals surface area (Å²) >= 11 is 0. The molecule has 0 amide bonds. The summed E-state index contributed by atoms with van der Waals surface area (Å²) in [5.74, 6) is 0.981. The van der Waals surface area contributed by atoms with E-state index in [-0.39, 0.29) is 0 Å². The highest BCUT2D eigenvalue weighted by Gasteiger charge is 2.21. The lowest BCUT2D eigenvalue weighted by Gasteiger charge is -2.35. The summed E-state index contributed by atoms with van der Waals surface area (Å²) < 4.78 is 0. The molecule has 0 aliphatic rings. The van der Waals surface area contributed by atoms with E-state index in [4.69, 9.17) is 0 Å². The van der Waals surface area contributed by atoms with Gasteiger partial charge in [-0.25, -0.2) is 0 Å². The van der Waals surface area contributed by atoms with Gasteiger partial charge in [-0.1, -0.05) is 32.9 Å². The van der Waals surface area contributed by atoms with Gasteiger partial charge in [-0.3, -0.25) is 4.90 Å². The molecule has 1 aromatic rings. The van der Waals surface area contributed by atoms with Crippen LogP contribution in [0.2, 0.25) is 0 Å². The van der Waals surface area contributed by atoms with E-state index in [1.165, 1.54) is 5.56 Å². The summed E-state index contributed by atoms with van der Waals surface area (Å²) in [4.78, 5) is 2.43. The molecular weight excluding hydrogens is 210 g/mol. The van der Waals surface area contributed by atoms with Crippen molar-refractivity contribution in [3.63, 3.8) is 0 Å². The van der Waals surface area contributed by atoms with E-state index < -0.39 is 0 Å². The first-order valence-corrected chi connectivity index (χ1v) is 6.48. The van der Waals surface area contributed by atoms with Crippen LogP contribution in [0.5, 0.6) is 5.75 Å². The van der Waals surface area contributed by atoms with E-state index in [0.717, 1.165) is 6.42 Å². The third-order valence-electron chi connectivity index (χ3n) is 3.76. The van der Waals surface area contributed by atoms with Gasteiger partial charge in [0.2, 0.25) is 0 Å². The first-order chi connectivity index (χ1) is 7.97. The molecule has 2 heteroatoms. The van der Waals surface area contributed by atoms with Crippen molar-refractivity contribution in [2.24, 2.45) is 5.92 Å². The predicted molar refractivity (Wildman–Crippen MR) is 73.2 cm³/mol. The molecule has 0 aliphatic heterocycles. The number of hydrogen-bond acceptors (Lipinski definition) is 2. The summed E-state index contributed by atoms with van der Waals surface area (Å²) in [6.07, 6.45) is 1.08. The van der Waals surface area contributed by atoms with Crippen molar-refractivity contribution >= 4 is 0 Å². The van der Waals surface area contributed by atoms with Gasteiger partial charge >= 0.3 is 0 Å². The fraction of sp³-hybridized carbons (Fsp3) is 0.600. The maximum absolute atomic E-state index is 9.33. The van der Waals surface area contributed by atoms with Crippen LogP contribution in [0.4, 0.5) is 0 Å². The second-order valence-electron chi connectivity index (χ2n) is 5.17. The first-order valence-electron chi connectivity index (χ1n) is 6.48. The summed E-state index contributed by atoms with van der Waals surface area (Å²) in [7, 11) is 2.19. The Morgan fingerprint density at radius 3 is 2.06 bits per heavy atom. The van der Waals surface area contributed by atoms with Crippen LogP contribution >= 0.6 is 0 Å².